The quantitative estimate of drug-likeness (QED) is 0.707. The fourth-order valence-corrected chi connectivity index (χ4v) is 8.22. The molecule has 3 aliphatic heterocycles. The number of piperazine rings is 1. The van der Waals surface area contributed by atoms with Crippen LogP contribution in [0.1, 0.15) is 6.42 Å². The molecule has 0 spiro atoms. The molecule has 30 heavy (non-hydrogen) atoms. The molecule has 1 aromatic carbocycles. The number of aromatic nitrogens is 1. The van der Waals surface area contributed by atoms with Crippen molar-refractivity contribution in [3.8, 4) is 0 Å². The third-order valence-corrected chi connectivity index (χ3v) is 10.2. The van der Waals surface area contributed by atoms with E-state index in [0.29, 0.717) is 39.6 Å². The summed E-state index contributed by atoms with van der Waals surface area (Å²) < 4.78 is 28.0. The molecule has 1 aromatic heterocycles. The van der Waals surface area contributed by atoms with Crippen molar-refractivity contribution < 1.29 is 13.2 Å². The molecular formula is C18H20ClN5O3S3. The Bertz CT molecular complexity index is 1140. The molecule has 160 valence electrons. The van der Waals surface area contributed by atoms with Crippen molar-refractivity contribution >= 4 is 65.9 Å². The van der Waals surface area contributed by atoms with Gasteiger partial charge in [-0.15, -0.1) is 23.1 Å². The van der Waals surface area contributed by atoms with Gasteiger partial charge in [0, 0.05) is 29.9 Å². The van der Waals surface area contributed by atoms with Gasteiger partial charge in [-0.05, 0) is 31.2 Å². The number of thiazole rings is 1. The smallest absolute Gasteiger partial charge is 0.270 e. The van der Waals surface area contributed by atoms with Crippen molar-refractivity contribution in [2.24, 2.45) is 4.99 Å². The van der Waals surface area contributed by atoms with Gasteiger partial charge in [0.1, 0.15) is 0 Å². The molecule has 5 rings (SSSR count). The van der Waals surface area contributed by atoms with Crippen LogP contribution in [0.3, 0.4) is 0 Å². The van der Waals surface area contributed by atoms with Crippen molar-refractivity contribution in [2.75, 3.05) is 39.3 Å². The Morgan fingerprint density at radius 3 is 2.97 bits per heavy atom. The van der Waals surface area contributed by atoms with Crippen LogP contribution in [-0.2, 0) is 14.8 Å². The van der Waals surface area contributed by atoms with E-state index in [2.05, 4.69) is 10.3 Å². The molecule has 3 aliphatic rings. The van der Waals surface area contributed by atoms with Crippen LogP contribution in [0.2, 0.25) is 5.02 Å². The van der Waals surface area contributed by atoms with E-state index < -0.39 is 10.0 Å². The van der Waals surface area contributed by atoms with Crippen LogP contribution in [0, 0.1) is 0 Å². The predicted octanol–water partition coefficient (Wildman–Crippen LogP) is 1.66. The number of nitrogens with zero attached hydrogens (tertiary/aromatic N) is 4. The van der Waals surface area contributed by atoms with Crippen LogP contribution in [0.15, 0.2) is 27.5 Å². The van der Waals surface area contributed by atoms with Crippen LogP contribution in [-0.4, -0.2) is 84.1 Å². The normalized spacial score (nSPS) is 25.6. The Labute approximate surface area is 187 Å². The van der Waals surface area contributed by atoms with Gasteiger partial charge in [-0.25, -0.2) is 13.4 Å². The van der Waals surface area contributed by atoms with E-state index in [4.69, 9.17) is 16.6 Å². The number of amides is 1. The van der Waals surface area contributed by atoms with Gasteiger partial charge >= 0.3 is 0 Å². The lowest BCUT2D eigenvalue weighted by Crippen LogP contribution is -2.53. The van der Waals surface area contributed by atoms with Crippen molar-refractivity contribution in [3.05, 3.63) is 23.2 Å². The summed E-state index contributed by atoms with van der Waals surface area (Å²) in [5, 5.41) is 5.33. The Morgan fingerprint density at radius 2 is 2.17 bits per heavy atom. The molecule has 4 heterocycles. The fourth-order valence-electron chi connectivity index (χ4n) is 3.87. The number of hydrogen-bond acceptors (Lipinski definition) is 8. The number of benzene rings is 1. The van der Waals surface area contributed by atoms with Crippen LogP contribution in [0.5, 0.6) is 0 Å². The minimum absolute atomic E-state index is 0.00619. The maximum Gasteiger partial charge on any atom is 0.270 e. The number of nitrogens with one attached hydrogen (secondary N) is 1. The van der Waals surface area contributed by atoms with E-state index in [9.17, 15) is 13.2 Å². The monoisotopic (exact) mass is 485 g/mol. The highest BCUT2D eigenvalue weighted by Crippen LogP contribution is 2.32. The molecular weight excluding hydrogens is 466 g/mol. The zero-order chi connectivity index (χ0) is 20.9. The van der Waals surface area contributed by atoms with Gasteiger partial charge in [0.2, 0.25) is 10.2 Å². The number of piperidine rings is 1. The topological polar surface area (TPSA) is 95.0 Å². The summed E-state index contributed by atoms with van der Waals surface area (Å²) >= 11 is 8.80. The van der Waals surface area contributed by atoms with Crippen LogP contribution >= 0.6 is 34.7 Å². The predicted molar refractivity (Wildman–Crippen MR) is 120 cm³/mol. The number of carbonyl (C=O) groups excluding carboxylic acids is 1. The second-order valence-corrected chi connectivity index (χ2v) is 12.4. The first kappa shape index (κ1) is 20.7. The first-order chi connectivity index (χ1) is 14.4. The average molecular weight is 486 g/mol. The number of sulfonamides is 1. The van der Waals surface area contributed by atoms with Gasteiger partial charge in [0.15, 0.2) is 0 Å². The third kappa shape index (κ3) is 3.87. The van der Waals surface area contributed by atoms with E-state index in [1.54, 1.807) is 34.9 Å². The van der Waals surface area contributed by atoms with E-state index in [-0.39, 0.29) is 23.3 Å². The second-order valence-electron chi connectivity index (χ2n) is 7.48. The van der Waals surface area contributed by atoms with Gasteiger partial charge in [0.25, 0.3) is 10.0 Å². The summed E-state index contributed by atoms with van der Waals surface area (Å²) in [6.07, 6.45) is 1.02. The minimum Gasteiger partial charge on any atom is -0.334 e. The molecule has 0 saturated carbocycles. The van der Waals surface area contributed by atoms with Gasteiger partial charge in [-0.3, -0.25) is 9.79 Å². The lowest BCUT2D eigenvalue weighted by Gasteiger charge is -2.33. The van der Waals surface area contributed by atoms with Crippen molar-refractivity contribution in [1.82, 2.24) is 19.5 Å². The van der Waals surface area contributed by atoms with Crippen LogP contribution in [0.25, 0.3) is 10.2 Å². The largest absolute Gasteiger partial charge is 0.334 e. The summed E-state index contributed by atoms with van der Waals surface area (Å²) in [7, 11) is -3.83. The number of halogens is 1. The highest BCUT2D eigenvalue weighted by atomic mass is 35.5. The van der Waals surface area contributed by atoms with Crippen molar-refractivity contribution in [3.63, 3.8) is 0 Å². The first-order valence-electron chi connectivity index (χ1n) is 9.68. The van der Waals surface area contributed by atoms with Gasteiger partial charge in [0.05, 0.1) is 34.4 Å². The number of carbonyl (C=O) groups is 1. The molecule has 1 amide bonds. The zero-order valence-electron chi connectivity index (χ0n) is 16.0. The Morgan fingerprint density at radius 1 is 1.30 bits per heavy atom. The fraction of sp³-hybridized carbons (Fsp3) is 0.500. The molecule has 2 saturated heterocycles. The molecule has 0 radical (unpaired) electrons. The molecule has 2 fully saturated rings. The standard InChI is InChI=1S/C18H20ClN5O3S3/c19-11-1-2-12-14(7-11)29-18(22-12)30(26,27)24-6-5-23(17(25)10-24)9-16-21-13-3-4-20-8-15(13)28-16/h1-2,7,13,15,20H,3-6,8-10H2. The Kier molecular flexibility index (Phi) is 5.53. The molecule has 0 aliphatic carbocycles. The summed E-state index contributed by atoms with van der Waals surface area (Å²) in [5.74, 6) is -0.203. The number of aliphatic imine (C=N–C) groups is 1. The number of hydrogen-bond donors (Lipinski definition) is 1. The Balaban J connectivity index is 1.27. The molecule has 8 nitrogen and oxygen atoms in total. The molecule has 12 heteroatoms. The molecule has 2 unspecified atom stereocenters. The summed E-state index contributed by atoms with van der Waals surface area (Å²) in [6.45, 7) is 2.80. The minimum atomic E-state index is -3.83. The lowest BCUT2D eigenvalue weighted by atomic mass is 10.1. The van der Waals surface area contributed by atoms with E-state index in [0.717, 1.165) is 35.9 Å². The van der Waals surface area contributed by atoms with Gasteiger partial charge < -0.3 is 10.2 Å². The lowest BCUT2D eigenvalue weighted by molar-refractivity contribution is -0.133. The van der Waals surface area contributed by atoms with Crippen molar-refractivity contribution in [2.45, 2.75) is 22.1 Å². The molecule has 2 aromatic rings. The van der Waals surface area contributed by atoms with E-state index in [1.807, 2.05) is 0 Å². The maximum absolute atomic E-state index is 13.0. The highest BCUT2D eigenvalue weighted by Gasteiger charge is 2.37. The van der Waals surface area contributed by atoms with Crippen LogP contribution < -0.4 is 5.32 Å². The number of fused-ring (bicyclic) bond motifs is 2. The summed E-state index contributed by atoms with van der Waals surface area (Å²) in [4.78, 5) is 23.4. The average Bonchev–Trinajstić information content (AvgIpc) is 3.32. The van der Waals surface area contributed by atoms with Gasteiger partial charge in [-0.2, -0.15) is 4.31 Å². The summed E-state index contributed by atoms with van der Waals surface area (Å²) in [5.41, 5.74) is 0.583. The van der Waals surface area contributed by atoms with Crippen molar-refractivity contribution in [1.29, 1.82) is 0 Å². The second kappa shape index (κ2) is 8.03. The SMILES string of the molecule is O=C1CN(S(=O)(=O)c2nc3ccc(Cl)cc3s2)CCN1CC1=NC2CCNCC2S1. The van der Waals surface area contributed by atoms with E-state index >= 15 is 0 Å². The molecule has 1 N–H and O–H groups in total. The Hall–Kier alpha value is -1.24. The summed E-state index contributed by atoms with van der Waals surface area (Å²) in [6, 6.07) is 5.40. The van der Waals surface area contributed by atoms with E-state index in [1.165, 1.54) is 4.31 Å². The first-order valence-corrected chi connectivity index (χ1v) is 13.2. The highest BCUT2D eigenvalue weighted by molar-refractivity contribution is 8.14. The van der Waals surface area contributed by atoms with Crippen LogP contribution in [0.4, 0.5) is 0 Å². The molecule has 0 bridgehead atoms. The molecule has 2 atom stereocenters. The number of thioether (sulfide) groups is 1. The zero-order valence-corrected chi connectivity index (χ0v) is 19.2. The number of rotatable bonds is 4. The maximum atomic E-state index is 13.0. The third-order valence-electron chi connectivity index (χ3n) is 5.49. The van der Waals surface area contributed by atoms with Gasteiger partial charge in [-0.1, -0.05) is 11.6 Å².